The van der Waals surface area contributed by atoms with Crippen LogP contribution in [0.5, 0.6) is 0 Å². The van der Waals surface area contributed by atoms with Crippen LogP contribution in [0.25, 0.3) is 0 Å². The third kappa shape index (κ3) is 2.88. The smallest absolute Gasteiger partial charge is 0.305 e. The Balaban J connectivity index is 2.00. The van der Waals surface area contributed by atoms with Crippen molar-refractivity contribution in [3.05, 3.63) is 60.1 Å². The molecule has 2 N–H and O–H groups in total. The van der Waals surface area contributed by atoms with Crippen molar-refractivity contribution in [1.82, 2.24) is 10.9 Å². The zero-order valence-corrected chi connectivity index (χ0v) is 11.3. The van der Waals surface area contributed by atoms with Gasteiger partial charge < -0.3 is 4.42 Å². The molecule has 2 rings (SSSR count). The zero-order chi connectivity index (χ0) is 14.6. The summed E-state index contributed by atoms with van der Waals surface area (Å²) < 4.78 is 4.93. The Morgan fingerprint density at radius 1 is 1.00 bits per heavy atom. The van der Waals surface area contributed by atoms with Gasteiger partial charge in [-0.15, -0.1) is 0 Å². The fraction of sp³-hybridized carbons (Fsp3) is 0.200. The third-order valence-corrected chi connectivity index (χ3v) is 3.10. The highest BCUT2D eigenvalue weighted by Gasteiger charge is 2.30. The van der Waals surface area contributed by atoms with Crippen LogP contribution in [-0.4, -0.2) is 11.8 Å². The lowest BCUT2D eigenvalue weighted by Crippen LogP contribution is -2.49. The van der Waals surface area contributed by atoms with E-state index >= 15 is 0 Å². The highest BCUT2D eigenvalue weighted by molar-refractivity contribution is 5.94. The monoisotopic (exact) mass is 272 g/mol. The fourth-order valence-corrected chi connectivity index (χ4v) is 1.73. The van der Waals surface area contributed by atoms with E-state index in [0.717, 1.165) is 5.56 Å². The number of furan rings is 1. The molecule has 0 saturated heterocycles. The summed E-state index contributed by atoms with van der Waals surface area (Å²) in [5, 5.41) is 0. The van der Waals surface area contributed by atoms with Crippen LogP contribution in [0, 0.1) is 0 Å². The van der Waals surface area contributed by atoms with Crippen molar-refractivity contribution in [2.45, 2.75) is 19.3 Å². The van der Waals surface area contributed by atoms with Crippen molar-refractivity contribution in [3.8, 4) is 0 Å². The molecule has 0 atom stereocenters. The minimum absolute atomic E-state index is 0.141. The van der Waals surface area contributed by atoms with Crippen molar-refractivity contribution < 1.29 is 14.0 Å². The summed E-state index contributed by atoms with van der Waals surface area (Å²) in [6, 6.07) is 12.5. The van der Waals surface area contributed by atoms with E-state index in [9.17, 15) is 9.59 Å². The van der Waals surface area contributed by atoms with Gasteiger partial charge in [-0.05, 0) is 31.5 Å². The molecule has 1 aromatic heterocycles. The predicted molar refractivity (Wildman–Crippen MR) is 73.8 cm³/mol. The minimum Gasteiger partial charge on any atom is -0.459 e. The largest absolute Gasteiger partial charge is 0.459 e. The van der Waals surface area contributed by atoms with Gasteiger partial charge >= 0.3 is 5.91 Å². The van der Waals surface area contributed by atoms with Gasteiger partial charge in [-0.1, -0.05) is 30.3 Å². The van der Waals surface area contributed by atoms with Crippen molar-refractivity contribution in [1.29, 1.82) is 0 Å². The lowest BCUT2D eigenvalue weighted by atomic mass is 9.84. The summed E-state index contributed by atoms with van der Waals surface area (Å²) in [6.45, 7) is 3.58. The van der Waals surface area contributed by atoms with Gasteiger partial charge in [0.05, 0.1) is 11.7 Å². The second-order valence-electron chi connectivity index (χ2n) is 4.88. The van der Waals surface area contributed by atoms with Gasteiger partial charge in [-0.25, -0.2) is 0 Å². The number of hydrogen-bond acceptors (Lipinski definition) is 3. The van der Waals surface area contributed by atoms with Crippen LogP contribution in [-0.2, 0) is 10.2 Å². The Hall–Kier alpha value is -2.56. The highest BCUT2D eigenvalue weighted by Crippen LogP contribution is 2.22. The molecule has 0 spiro atoms. The first kappa shape index (κ1) is 13.9. The Morgan fingerprint density at radius 2 is 1.70 bits per heavy atom. The molecule has 0 bridgehead atoms. The number of amides is 2. The summed E-state index contributed by atoms with van der Waals surface area (Å²) in [4.78, 5) is 23.8. The zero-order valence-electron chi connectivity index (χ0n) is 11.3. The Bertz CT molecular complexity index is 589. The first-order valence-electron chi connectivity index (χ1n) is 6.21. The summed E-state index contributed by atoms with van der Waals surface area (Å²) in [6.07, 6.45) is 1.39. The number of carbonyl (C=O) groups excluding carboxylic acids is 2. The molecule has 5 nitrogen and oxygen atoms in total. The van der Waals surface area contributed by atoms with Crippen LogP contribution < -0.4 is 10.9 Å². The van der Waals surface area contributed by atoms with E-state index in [1.54, 1.807) is 19.9 Å². The minimum atomic E-state index is -0.752. The quantitative estimate of drug-likeness (QED) is 0.840. The number of hydrogen-bond donors (Lipinski definition) is 2. The molecule has 0 aliphatic carbocycles. The number of benzene rings is 1. The van der Waals surface area contributed by atoms with Crippen LogP contribution >= 0.6 is 0 Å². The average molecular weight is 272 g/mol. The van der Waals surface area contributed by atoms with Crippen LogP contribution in [0.1, 0.15) is 30.0 Å². The van der Waals surface area contributed by atoms with E-state index in [2.05, 4.69) is 10.9 Å². The molecule has 0 saturated carbocycles. The highest BCUT2D eigenvalue weighted by atomic mass is 16.3. The van der Waals surface area contributed by atoms with Gasteiger partial charge in [0.2, 0.25) is 5.91 Å². The lowest BCUT2D eigenvalue weighted by Gasteiger charge is -2.24. The molecule has 5 heteroatoms. The van der Waals surface area contributed by atoms with Crippen LogP contribution in [0.2, 0.25) is 0 Å². The standard InChI is InChI=1S/C15H16N2O3/c1-15(2,11-7-4-3-5-8-11)14(19)17-16-13(18)12-9-6-10-20-12/h3-10H,1-2H3,(H,16,18)(H,17,19). The maximum Gasteiger partial charge on any atom is 0.305 e. The van der Waals surface area contributed by atoms with E-state index < -0.39 is 11.3 Å². The van der Waals surface area contributed by atoms with E-state index in [-0.39, 0.29) is 11.7 Å². The number of carbonyl (C=O) groups is 2. The van der Waals surface area contributed by atoms with Crippen molar-refractivity contribution in [2.24, 2.45) is 0 Å². The fourth-order valence-electron chi connectivity index (χ4n) is 1.73. The molecule has 2 aromatic rings. The topological polar surface area (TPSA) is 71.3 Å². The van der Waals surface area contributed by atoms with Gasteiger partial charge in [-0.3, -0.25) is 20.4 Å². The maximum absolute atomic E-state index is 12.2. The van der Waals surface area contributed by atoms with Gasteiger partial charge in [0.1, 0.15) is 0 Å². The molecule has 0 aliphatic heterocycles. The lowest BCUT2D eigenvalue weighted by molar-refractivity contribution is -0.126. The number of hydrazine groups is 1. The second-order valence-corrected chi connectivity index (χ2v) is 4.88. The molecule has 104 valence electrons. The molecule has 2 amide bonds. The van der Waals surface area contributed by atoms with Crippen molar-refractivity contribution in [3.63, 3.8) is 0 Å². The molecule has 20 heavy (non-hydrogen) atoms. The number of nitrogens with one attached hydrogen (secondary N) is 2. The molecule has 0 radical (unpaired) electrons. The van der Waals surface area contributed by atoms with E-state index in [1.165, 1.54) is 12.3 Å². The van der Waals surface area contributed by atoms with Gasteiger partial charge in [0.15, 0.2) is 5.76 Å². The molecule has 0 unspecified atom stereocenters. The molecular weight excluding hydrogens is 256 g/mol. The van der Waals surface area contributed by atoms with Crippen molar-refractivity contribution in [2.75, 3.05) is 0 Å². The first-order valence-corrected chi connectivity index (χ1v) is 6.21. The molecular formula is C15H16N2O3. The van der Waals surface area contributed by atoms with E-state index in [0.29, 0.717) is 0 Å². The average Bonchev–Trinajstić information content (AvgIpc) is 2.99. The van der Waals surface area contributed by atoms with Crippen LogP contribution in [0.3, 0.4) is 0 Å². The molecule has 1 heterocycles. The van der Waals surface area contributed by atoms with Gasteiger partial charge in [-0.2, -0.15) is 0 Å². The number of rotatable bonds is 3. The van der Waals surface area contributed by atoms with Crippen LogP contribution in [0.15, 0.2) is 53.1 Å². The third-order valence-electron chi connectivity index (χ3n) is 3.10. The van der Waals surface area contributed by atoms with Gasteiger partial charge in [0, 0.05) is 0 Å². The van der Waals surface area contributed by atoms with E-state index in [1.807, 2.05) is 30.3 Å². The normalized spacial score (nSPS) is 10.9. The summed E-state index contributed by atoms with van der Waals surface area (Å²) in [7, 11) is 0. The molecule has 0 aliphatic rings. The molecule has 1 aromatic carbocycles. The SMILES string of the molecule is CC(C)(C(=O)NNC(=O)c1ccco1)c1ccccc1. The Morgan fingerprint density at radius 3 is 2.30 bits per heavy atom. The van der Waals surface area contributed by atoms with Crippen molar-refractivity contribution >= 4 is 11.8 Å². The summed E-state index contributed by atoms with van der Waals surface area (Å²) in [5.74, 6) is -0.654. The predicted octanol–water partition coefficient (Wildman–Crippen LogP) is 2.02. The van der Waals surface area contributed by atoms with E-state index in [4.69, 9.17) is 4.42 Å². The maximum atomic E-state index is 12.2. The summed E-state index contributed by atoms with van der Waals surface area (Å²) >= 11 is 0. The second kappa shape index (κ2) is 5.61. The van der Waals surface area contributed by atoms with Crippen LogP contribution in [0.4, 0.5) is 0 Å². The Labute approximate surface area is 117 Å². The Kier molecular flexibility index (Phi) is 3.89. The van der Waals surface area contributed by atoms with Gasteiger partial charge in [0.25, 0.3) is 0 Å². The molecule has 0 fully saturated rings. The first-order chi connectivity index (χ1) is 9.51. The summed E-state index contributed by atoms with van der Waals surface area (Å²) in [5.41, 5.74) is 4.85.